The van der Waals surface area contributed by atoms with Gasteiger partial charge in [-0.15, -0.1) is 10.2 Å². The second-order valence-electron chi connectivity index (χ2n) is 5.95. The van der Waals surface area contributed by atoms with E-state index in [2.05, 4.69) is 31.4 Å². The fraction of sp³-hybridized carbons (Fsp3) is 0.0476. The number of halogens is 2. The van der Waals surface area contributed by atoms with Gasteiger partial charge in [0.2, 0.25) is 11.8 Å². The Balaban J connectivity index is 1.70. The maximum absolute atomic E-state index is 13.4. The SMILES string of the molecule is Fc1ccc([C@H](Nc2ccc(Br)cc2)c2nnc(-c3ccccc3)o2)cc1. The first kappa shape index (κ1) is 17.4. The van der Waals surface area contributed by atoms with Gasteiger partial charge in [-0.3, -0.25) is 0 Å². The number of anilines is 1. The van der Waals surface area contributed by atoms with Crippen molar-refractivity contribution in [3.8, 4) is 11.5 Å². The summed E-state index contributed by atoms with van der Waals surface area (Å²) in [7, 11) is 0. The van der Waals surface area contributed by atoms with Crippen LogP contribution in [0.1, 0.15) is 17.5 Å². The van der Waals surface area contributed by atoms with Crippen molar-refractivity contribution in [2.75, 3.05) is 5.32 Å². The number of benzene rings is 3. The van der Waals surface area contributed by atoms with Crippen LogP contribution in [-0.2, 0) is 0 Å². The fourth-order valence-corrected chi connectivity index (χ4v) is 2.97. The molecule has 0 saturated carbocycles. The van der Waals surface area contributed by atoms with Crippen molar-refractivity contribution in [1.29, 1.82) is 0 Å². The highest BCUT2D eigenvalue weighted by atomic mass is 79.9. The van der Waals surface area contributed by atoms with Gasteiger partial charge in [-0.1, -0.05) is 46.3 Å². The highest BCUT2D eigenvalue weighted by Gasteiger charge is 2.21. The number of nitrogens with zero attached hydrogens (tertiary/aromatic N) is 2. The third-order valence-electron chi connectivity index (χ3n) is 4.07. The first-order valence-corrected chi connectivity index (χ1v) is 9.15. The lowest BCUT2D eigenvalue weighted by molar-refractivity contribution is 0.494. The Morgan fingerprint density at radius 1 is 0.852 bits per heavy atom. The van der Waals surface area contributed by atoms with Crippen LogP contribution in [0.25, 0.3) is 11.5 Å². The molecule has 4 nitrogen and oxygen atoms in total. The zero-order valence-electron chi connectivity index (χ0n) is 14.1. The van der Waals surface area contributed by atoms with E-state index >= 15 is 0 Å². The molecule has 1 atom stereocenters. The zero-order valence-corrected chi connectivity index (χ0v) is 15.7. The molecule has 0 aliphatic rings. The summed E-state index contributed by atoms with van der Waals surface area (Å²) in [5.74, 6) is 0.551. The lowest BCUT2D eigenvalue weighted by Crippen LogP contribution is -2.13. The molecule has 134 valence electrons. The normalized spacial score (nSPS) is 11.9. The predicted octanol–water partition coefficient (Wildman–Crippen LogP) is 5.84. The van der Waals surface area contributed by atoms with Crippen LogP contribution < -0.4 is 5.32 Å². The predicted molar refractivity (Wildman–Crippen MR) is 106 cm³/mol. The van der Waals surface area contributed by atoms with E-state index in [0.717, 1.165) is 21.3 Å². The van der Waals surface area contributed by atoms with E-state index in [4.69, 9.17) is 4.42 Å². The minimum absolute atomic E-state index is 0.295. The van der Waals surface area contributed by atoms with E-state index in [1.54, 1.807) is 12.1 Å². The van der Waals surface area contributed by atoms with Crippen molar-refractivity contribution in [3.05, 3.63) is 101 Å². The molecule has 1 aromatic heterocycles. The fourth-order valence-electron chi connectivity index (χ4n) is 2.70. The van der Waals surface area contributed by atoms with Gasteiger partial charge in [0, 0.05) is 15.7 Å². The van der Waals surface area contributed by atoms with Crippen molar-refractivity contribution in [1.82, 2.24) is 10.2 Å². The largest absolute Gasteiger partial charge is 0.418 e. The molecule has 0 amide bonds. The average molecular weight is 424 g/mol. The van der Waals surface area contributed by atoms with Gasteiger partial charge in [-0.2, -0.15) is 0 Å². The standard InChI is InChI=1S/C21H15BrFN3O/c22-16-8-12-18(13-9-16)24-19(14-6-10-17(23)11-7-14)21-26-25-20(27-21)15-4-2-1-3-5-15/h1-13,19,24H/t19-/m0/s1. The van der Waals surface area contributed by atoms with Gasteiger partial charge < -0.3 is 9.73 Å². The quantitative estimate of drug-likeness (QED) is 0.437. The molecule has 0 aliphatic heterocycles. The van der Waals surface area contributed by atoms with E-state index in [1.807, 2.05) is 54.6 Å². The van der Waals surface area contributed by atoms with E-state index in [1.165, 1.54) is 12.1 Å². The molecule has 27 heavy (non-hydrogen) atoms. The smallest absolute Gasteiger partial charge is 0.247 e. The van der Waals surface area contributed by atoms with Crippen LogP contribution in [0.5, 0.6) is 0 Å². The maximum Gasteiger partial charge on any atom is 0.247 e. The van der Waals surface area contributed by atoms with Crippen LogP contribution >= 0.6 is 15.9 Å². The molecule has 0 unspecified atom stereocenters. The van der Waals surface area contributed by atoms with E-state index in [0.29, 0.717) is 11.8 Å². The molecule has 1 heterocycles. The average Bonchev–Trinajstić information content (AvgIpc) is 3.19. The van der Waals surface area contributed by atoms with Crippen LogP contribution in [0.2, 0.25) is 0 Å². The minimum atomic E-state index is -0.406. The van der Waals surface area contributed by atoms with Gasteiger partial charge in [-0.05, 0) is 54.1 Å². The Morgan fingerprint density at radius 3 is 2.26 bits per heavy atom. The Hall–Kier alpha value is -2.99. The monoisotopic (exact) mass is 423 g/mol. The van der Waals surface area contributed by atoms with Gasteiger partial charge >= 0.3 is 0 Å². The molecule has 4 rings (SSSR count). The first-order chi connectivity index (χ1) is 13.2. The molecule has 3 aromatic carbocycles. The summed E-state index contributed by atoms with van der Waals surface area (Å²) in [5.41, 5.74) is 2.55. The number of hydrogen-bond acceptors (Lipinski definition) is 4. The van der Waals surface area contributed by atoms with Gasteiger partial charge in [0.25, 0.3) is 0 Å². The Labute approximate surface area is 164 Å². The number of hydrogen-bond donors (Lipinski definition) is 1. The molecule has 0 radical (unpaired) electrons. The van der Waals surface area contributed by atoms with Crippen LogP contribution in [0.15, 0.2) is 87.8 Å². The lowest BCUT2D eigenvalue weighted by atomic mass is 10.1. The summed E-state index contributed by atoms with van der Waals surface area (Å²) in [6.07, 6.45) is 0. The summed E-state index contributed by atoms with van der Waals surface area (Å²) in [6.45, 7) is 0. The van der Waals surface area contributed by atoms with Crippen LogP contribution in [-0.4, -0.2) is 10.2 Å². The molecule has 4 aromatic rings. The molecule has 0 fully saturated rings. The molecule has 0 aliphatic carbocycles. The van der Waals surface area contributed by atoms with Crippen molar-refractivity contribution >= 4 is 21.6 Å². The second-order valence-corrected chi connectivity index (χ2v) is 6.86. The summed E-state index contributed by atoms with van der Waals surface area (Å²) < 4.78 is 20.3. The Kier molecular flexibility index (Phi) is 4.98. The molecule has 6 heteroatoms. The molecule has 0 spiro atoms. The topological polar surface area (TPSA) is 51.0 Å². The minimum Gasteiger partial charge on any atom is -0.418 e. The Bertz CT molecular complexity index is 1020. The van der Waals surface area contributed by atoms with Crippen LogP contribution in [0.4, 0.5) is 10.1 Å². The number of rotatable bonds is 5. The second kappa shape index (κ2) is 7.72. The van der Waals surface area contributed by atoms with Crippen molar-refractivity contribution in [2.24, 2.45) is 0 Å². The molecule has 1 N–H and O–H groups in total. The maximum atomic E-state index is 13.4. The summed E-state index contributed by atoms with van der Waals surface area (Å²) in [4.78, 5) is 0. The van der Waals surface area contributed by atoms with Gasteiger partial charge in [0.05, 0.1) is 0 Å². The number of aromatic nitrogens is 2. The van der Waals surface area contributed by atoms with Crippen LogP contribution in [0, 0.1) is 5.82 Å². The van der Waals surface area contributed by atoms with Gasteiger partial charge in [0.15, 0.2) is 0 Å². The summed E-state index contributed by atoms with van der Waals surface area (Å²) in [5, 5.41) is 11.8. The molecular weight excluding hydrogens is 409 g/mol. The molecular formula is C21H15BrFN3O. The van der Waals surface area contributed by atoms with Crippen molar-refractivity contribution in [2.45, 2.75) is 6.04 Å². The van der Waals surface area contributed by atoms with E-state index in [-0.39, 0.29) is 5.82 Å². The zero-order chi connectivity index (χ0) is 18.6. The van der Waals surface area contributed by atoms with E-state index in [9.17, 15) is 4.39 Å². The molecule has 0 bridgehead atoms. The third kappa shape index (κ3) is 4.06. The van der Waals surface area contributed by atoms with Crippen molar-refractivity contribution < 1.29 is 8.81 Å². The lowest BCUT2D eigenvalue weighted by Gasteiger charge is -2.17. The first-order valence-electron chi connectivity index (χ1n) is 8.35. The highest BCUT2D eigenvalue weighted by molar-refractivity contribution is 9.10. The van der Waals surface area contributed by atoms with Crippen LogP contribution in [0.3, 0.4) is 0 Å². The van der Waals surface area contributed by atoms with E-state index < -0.39 is 6.04 Å². The Morgan fingerprint density at radius 2 is 1.56 bits per heavy atom. The van der Waals surface area contributed by atoms with Crippen molar-refractivity contribution in [3.63, 3.8) is 0 Å². The molecule has 0 saturated heterocycles. The highest BCUT2D eigenvalue weighted by Crippen LogP contribution is 2.29. The number of nitrogens with one attached hydrogen (secondary N) is 1. The summed E-state index contributed by atoms with van der Waals surface area (Å²) >= 11 is 3.43. The third-order valence-corrected chi connectivity index (χ3v) is 4.60. The summed E-state index contributed by atoms with van der Waals surface area (Å²) in [6, 6.07) is 23.2. The van der Waals surface area contributed by atoms with Gasteiger partial charge in [0.1, 0.15) is 11.9 Å². The van der Waals surface area contributed by atoms with Gasteiger partial charge in [-0.25, -0.2) is 4.39 Å².